The van der Waals surface area contributed by atoms with E-state index in [-0.39, 0.29) is 17.6 Å². The number of hydrazine groups is 1. The summed E-state index contributed by atoms with van der Waals surface area (Å²) in [6.07, 6.45) is 1.37. The van der Waals surface area contributed by atoms with Gasteiger partial charge in [-0.1, -0.05) is 45.0 Å². The van der Waals surface area contributed by atoms with Crippen molar-refractivity contribution in [1.82, 2.24) is 21.6 Å². The Morgan fingerprint density at radius 1 is 1.17 bits per heavy atom. The van der Waals surface area contributed by atoms with Gasteiger partial charge in [0.15, 0.2) is 11.5 Å². The summed E-state index contributed by atoms with van der Waals surface area (Å²) in [6, 6.07) is 13.8. The molecule has 0 aromatic heterocycles. The van der Waals surface area contributed by atoms with Crippen LogP contribution in [0.4, 0.5) is 4.79 Å². The maximum atomic E-state index is 11.2. The van der Waals surface area contributed by atoms with Crippen LogP contribution in [0.25, 0.3) is 0 Å². The Labute approximate surface area is 177 Å². The first kappa shape index (κ1) is 21.4. The average Bonchev–Trinajstić information content (AvgIpc) is 2.72. The lowest BCUT2D eigenvalue weighted by atomic mass is 9.87. The number of benzene rings is 2. The zero-order valence-corrected chi connectivity index (χ0v) is 17.8. The van der Waals surface area contributed by atoms with Crippen LogP contribution in [0.15, 0.2) is 47.6 Å². The zero-order chi connectivity index (χ0) is 21.6. The van der Waals surface area contributed by atoms with Crippen molar-refractivity contribution in [2.45, 2.75) is 39.0 Å². The molecule has 3 rings (SSSR count). The molecule has 1 atom stereocenters. The normalized spacial score (nSPS) is 16.7. The topological polar surface area (TPSA) is 96.0 Å². The van der Waals surface area contributed by atoms with Crippen LogP contribution >= 0.6 is 0 Å². The van der Waals surface area contributed by atoms with Gasteiger partial charge in [0.2, 0.25) is 0 Å². The van der Waals surface area contributed by atoms with Gasteiger partial charge in [-0.15, -0.1) is 0 Å². The summed E-state index contributed by atoms with van der Waals surface area (Å²) in [5, 5.41) is 6.87. The fraction of sp³-hybridized carbons (Fsp3) is 0.364. The Kier molecular flexibility index (Phi) is 6.79. The van der Waals surface area contributed by atoms with Crippen molar-refractivity contribution in [1.29, 1.82) is 0 Å². The third-order valence-electron chi connectivity index (χ3n) is 4.66. The van der Waals surface area contributed by atoms with Crippen LogP contribution < -0.4 is 31.1 Å². The van der Waals surface area contributed by atoms with E-state index in [0.717, 1.165) is 11.1 Å². The zero-order valence-electron chi connectivity index (χ0n) is 17.8. The molecule has 2 aromatic rings. The Hall–Kier alpha value is -3.26. The number of nitrogens with zero attached hydrogens (tertiary/aromatic N) is 1. The highest BCUT2D eigenvalue weighted by Crippen LogP contribution is 2.29. The molecule has 30 heavy (non-hydrogen) atoms. The summed E-state index contributed by atoms with van der Waals surface area (Å²) in [7, 11) is 1.61. The Bertz CT molecular complexity index is 891. The smallest absolute Gasteiger partial charge is 0.330 e. The minimum atomic E-state index is -0.301. The molecule has 0 bridgehead atoms. The molecule has 0 saturated carbocycles. The Morgan fingerprint density at radius 3 is 2.60 bits per heavy atom. The first-order valence-electron chi connectivity index (χ1n) is 9.83. The van der Waals surface area contributed by atoms with Crippen molar-refractivity contribution in [3.8, 4) is 11.5 Å². The van der Waals surface area contributed by atoms with Crippen LogP contribution in [0.5, 0.6) is 11.5 Å². The third-order valence-corrected chi connectivity index (χ3v) is 4.66. The number of urea groups is 1. The van der Waals surface area contributed by atoms with E-state index in [1.807, 2.05) is 18.2 Å². The van der Waals surface area contributed by atoms with Crippen molar-refractivity contribution in [3.05, 3.63) is 59.2 Å². The molecule has 160 valence electrons. The molecule has 1 heterocycles. The molecular weight excluding hydrogens is 382 g/mol. The Balaban J connectivity index is 1.58. The number of carbonyl (C=O) groups is 1. The summed E-state index contributed by atoms with van der Waals surface area (Å²) in [4.78, 5) is 11.2. The van der Waals surface area contributed by atoms with E-state index in [1.54, 1.807) is 13.3 Å². The van der Waals surface area contributed by atoms with Crippen LogP contribution in [-0.2, 0) is 12.0 Å². The molecule has 0 spiro atoms. The van der Waals surface area contributed by atoms with Crippen molar-refractivity contribution in [3.63, 3.8) is 0 Å². The van der Waals surface area contributed by atoms with E-state index in [4.69, 9.17) is 9.47 Å². The van der Waals surface area contributed by atoms with Gasteiger partial charge in [-0.25, -0.2) is 10.2 Å². The fourth-order valence-electron chi connectivity index (χ4n) is 2.90. The summed E-state index contributed by atoms with van der Waals surface area (Å²) in [6.45, 7) is 7.56. The molecular formula is C22H29N5O3. The maximum absolute atomic E-state index is 11.2. The summed E-state index contributed by atoms with van der Waals surface area (Å²) < 4.78 is 11.4. The first-order chi connectivity index (χ1) is 14.3. The molecule has 8 nitrogen and oxygen atoms in total. The van der Waals surface area contributed by atoms with Gasteiger partial charge in [0.1, 0.15) is 12.8 Å². The highest BCUT2D eigenvalue weighted by atomic mass is 16.5. The van der Waals surface area contributed by atoms with E-state index in [9.17, 15) is 4.79 Å². The minimum Gasteiger partial charge on any atom is -0.493 e. The van der Waals surface area contributed by atoms with Gasteiger partial charge >= 0.3 is 6.03 Å². The second-order valence-electron chi connectivity index (χ2n) is 8.07. The first-order valence-corrected chi connectivity index (χ1v) is 9.83. The van der Waals surface area contributed by atoms with Gasteiger partial charge in [-0.2, -0.15) is 5.10 Å². The standard InChI is InChI=1S/C22H29N5O3/c1-22(2,3)17-8-5-15(6-9-17)14-30-18-10-7-16(11-19(18)29-4)12-23-26-20-13-24-27-21(28)25-20/h5-12,20,24,26H,13-14H2,1-4H3,(H2,25,27,28)/b23-12+. The number of hydrazone groups is 1. The van der Waals surface area contributed by atoms with Crippen LogP contribution in [0.1, 0.15) is 37.5 Å². The lowest BCUT2D eigenvalue weighted by molar-refractivity contribution is 0.217. The third kappa shape index (κ3) is 5.87. The molecule has 1 fully saturated rings. The van der Waals surface area contributed by atoms with Crippen LogP contribution in [0, 0.1) is 0 Å². The lowest BCUT2D eigenvalue weighted by Crippen LogP contribution is -2.62. The molecule has 1 unspecified atom stereocenters. The van der Waals surface area contributed by atoms with E-state index < -0.39 is 0 Å². The maximum Gasteiger partial charge on any atom is 0.330 e. The molecule has 2 aromatic carbocycles. The van der Waals surface area contributed by atoms with Crippen LogP contribution in [-0.4, -0.2) is 32.1 Å². The van der Waals surface area contributed by atoms with Gasteiger partial charge in [0.25, 0.3) is 0 Å². The molecule has 8 heteroatoms. The van der Waals surface area contributed by atoms with Gasteiger partial charge in [-0.3, -0.25) is 10.9 Å². The number of nitrogens with one attached hydrogen (secondary N) is 4. The SMILES string of the molecule is COc1cc(/C=N/NC2CNNC(=O)N2)ccc1OCc1ccc(C(C)(C)C)cc1. The van der Waals surface area contributed by atoms with Gasteiger partial charge in [0, 0.05) is 0 Å². The molecule has 4 N–H and O–H groups in total. The fourth-order valence-corrected chi connectivity index (χ4v) is 2.90. The van der Waals surface area contributed by atoms with Crippen molar-refractivity contribution >= 4 is 12.2 Å². The molecule has 0 radical (unpaired) electrons. The number of hydrogen-bond acceptors (Lipinski definition) is 6. The van der Waals surface area contributed by atoms with E-state index >= 15 is 0 Å². The second kappa shape index (κ2) is 9.49. The van der Waals surface area contributed by atoms with Gasteiger partial charge < -0.3 is 14.8 Å². The summed E-state index contributed by atoms with van der Waals surface area (Å²) >= 11 is 0. The molecule has 1 aliphatic rings. The van der Waals surface area contributed by atoms with Crippen molar-refractivity contribution < 1.29 is 14.3 Å². The summed E-state index contributed by atoms with van der Waals surface area (Å²) in [5.41, 5.74) is 11.5. The molecule has 1 saturated heterocycles. The van der Waals surface area contributed by atoms with Gasteiger partial charge in [0.05, 0.1) is 19.9 Å². The molecule has 2 amide bonds. The predicted octanol–water partition coefficient (Wildman–Crippen LogP) is 2.64. The van der Waals surface area contributed by atoms with Crippen molar-refractivity contribution in [2.75, 3.05) is 13.7 Å². The van der Waals surface area contributed by atoms with Crippen molar-refractivity contribution in [2.24, 2.45) is 5.10 Å². The van der Waals surface area contributed by atoms with E-state index in [0.29, 0.717) is 24.7 Å². The van der Waals surface area contributed by atoms with E-state index in [2.05, 4.69) is 71.7 Å². The number of methoxy groups -OCH3 is 1. The molecule has 1 aliphatic heterocycles. The number of rotatable bonds is 7. The number of hydrogen-bond donors (Lipinski definition) is 4. The molecule has 0 aliphatic carbocycles. The second-order valence-corrected chi connectivity index (χ2v) is 8.07. The highest BCUT2D eigenvalue weighted by molar-refractivity contribution is 5.80. The largest absolute Gasteiger partial charge is 0.493 e. The quantitative estimate of drug-likeness (QED) is 0.415. The summed E-state index contributed by atoms with van der Waals surface area (Å²) in [5.74, 6) is 1.29. The number of amides is 2. The Morgan fingerprint density at radius 2 is 1.93 bits per heavy atom. The lowest BCUT2D eigenvalue weighted by Gasteiger charge is -2.24. The monoisotopic (exact) mass is 411 g/mol. The number of carbonyl (C=O) groups excluding carboxylic acids is 1. The highest BCUT2D eigenvalue weighted by Gasteiger charge is 2.15. The number of ether oxygens (including phenoxy) is 2. The van der Waals surface area contributed by atoms with Gasteiger partial charge in [-0.05, 0) is 40.3 Å². The van der Waals surface area contributed by atoms with Crippen LogP contribution in [0.3, 0.4) is 0 Å². The van der Waals surface area contributed by atoms with E-state index in [1.165, 1.54) is 5.56 Å². The van der Waals surface area contributed by atoms with Crippen LogP contribution in [0.2, 0.25) is 0 Å². The average molecular weight is 412 g/mol. The minimum absolute atomic E-state index is 0.130. The predicted molar refractivity (Wildman–Crippen MR) is 117 cm³/mol.